The van der Waals surface area contributed by atoms with E-state index in [1.807, 2.05) is 30.5 Å². The van der Waals surface area contributed by atoms with Crippen LogP contribution in [0.5, 0.6) is 5.75 Å². The minimum Gasteiger partial charge on any atom is -0.495 e. The van der Waals surface area contributed by atoms with Crippen molar-refractivity contribution in [1.82, 2.24) is 9.88 Å². The lowest BCUT2D eigenvalue weighted by atomic mass is 10.1. The van der Waals surface area contributed by atoms with Gasteiger partial charge in [0.15, 0.2) is 5.11 Å². The van der Waals surface area contributed by atoms with Crippen LogP contribution in [0.4, 0.5) is 5.69 Å². The fourth-order valence-corrected chi connectivity index (χ4v) is 4.58. The average Bonchev–Trinajstić information content (AvgIpc) is 3.04. The maximum atomic E-state index is 13.4. The van der Waals surface area contributed by atoms with Crippen molar-refractivity contribution in [3.05, 3.63) is 81.1 Å². The first-order chi connectivity index (χ1) is 15.7. The highest BCUT2D eigenvalue weighted by Gasteiger charge is 2.36. The van der Waals surface area contributed by atoms with Crippen LogP contribution in [0.25, 0.3) is 11.8 Å². The maximum Gasteiger partial charge on any atom is 0.270 e. The Morgan fingerprint density at radius 1 is 1.03 bits per heavy atom. The number of carbonyl (C=O) groups excluding carboxylic acids is 2. The molecule has 1 aliphatic heterocycles. The summed E-state index contributed by atoms with van der Waals surface area (Å²) in [4.78, 5) is 27.4. The summed E-state index contributed by atoms with van der Waals surface area (Å²) in [6.45, 7) is 3.80. The Bertz CT molecular complexity index is 1350. The minimum atomic E-state index is -0.564. The number of thiocarbonyl (C=S) groups is 1. The van der Waals surface area contributed by atoms with E-state index >= 15 is 0 Å². The van der Waals surface area contributed by atoms with E-state index in [-0.39, 0.29) is 10.7 Å². The molecule has 0 unspecified atom stereocenters. The fourth-order valence-electron chi connectivity index (χ4n) is 3.81. The molecule has 2 amide bonds. The summed E-state index contributed by atoms with van der Waals surface area (Å²) in [5.41, 5.74) is 3.53. The molecule has 0 radical (unpaired) electrons. The summed E-state index contributed by atoms with van der Waals surface area (Å²) >= 11 is 17.7. The largest absolute Gasteiger partial charge is 0.495 e. The zero-order valence-corrected chi connectivity index (χ0v) is 20.3. The van der Waals surface area contributed by atoms with Gasteiger partial charge in [0.25, 0.3) is 11.8 Å². The molecule has 1 aliphatic rings. The lowest BCUT2D eigenvalue weighted by Crippen LogP contribution is -2.54. The number of carbonyl (C=O) groups is 2. The molecular weight excluding hydrogens is 481 g/mol. The summed E-state index contributed by atoms with van der Waals surface area (Å²) in [6, 6.07) is 14.1. The summed E-state index contributed by atoms with van der Waals surface area (Å²) in [5, 5.41) is 3.61. The van der Waals surface area contributed by atoms with E-state index in [1.54, 1.807) is 42.5 Å². The van der Waals surface area contributed by atoms with Crippen LogP contribution in [0.3, 0.4) is 0 Å². The van der Waals surface area contributed by atoms with Crippen molar-refractivity contribution in [1.29, 1.82) is 0 Å². The predicted molar refractivity (Wildman–Crippen MR) is 134 cm³/mol. The van der Waals surface area contributed by atoms with Gasteiger partial charge in [-0.1, -0.05) is 35.3 Å². The number of rotatable bonds is 4. The molecular formula is C24H19Cl2N3O3S. The van der Waals surface area contributed by atoms with Gasteiger partial charge in [-0.15, -0.1) is 0 Å². The molecule has 2 aromatic carbocycles. The summed E-state index contributed by atoms with van der Waals surface area (Å²) < 4.78 is 7.31. The van der Waals surface area contributed by atoms with Crippen molar-refractivity contribution < 1.29 is 14.3 Å². The molecule has 168 valence electrons. The highest BCUT2D eigenvalue weighted by atomic mass is 35.5. The highest BCUT2D eigenvalue weighted by Crippen LogP contribution is 2.32. The number of hydrogen-bond donors (Lipinski definition) is 1. The topological polar surface area (TPSA) is 63.6 Å². The van der Waals surface area contributed by atoms with Crippen LogP contribution in [0.1, 0.15) is 17.0 Å². The van der Waals surface area contributed by atoms with Gasteiger partial charge >= 0.3 is 0 Å². The number of ether oxygens (including phenoxy) is 1. The lowest BCUT2D eigenvalue weighted by Gasteiger charge is -2.29. The fraction of sp³-hybridized carbons (Fsp3) is 0.125. The number of methoxy groups -OCH3 is 1. The van der Waals surface area contributed by atoms with Gasteiger partial charge in [-0.2, -0.15) is 0 Å². The number of nitrogens with zero attached hydrogens (tertiary/aromatic N) is 2. The number of para-hydroxylation sites is 2. The minimum absolute atomic E-state index is 0.00920. The molecule has 1 N–H and O–H groups in total. The van der Waals surface area contributed by atoms with Crippen LogP contribution < -0.4 is 15.0 Å². The molecule has 1 fully saturated rings. The molecule has 1 aromatic heterocycles. The third-order valence-electron chi connectivity index (χ3n) is 5.35. The van der Waals surface area contributed by atoms with Crippen molar-refractivity contribution in [2.45, 2.75) is 13.8 Å². The molecule has 0 aliphatic carbocycles. The number of anilines is 1. The molecule has 33 heavy (non-hydrogen) atoms. The zero-order chi connectivity index (χ0) is 23.9. The smallest absolute Gasteiger partial charge is 0.270 e. The Hall–Kier alpha value is -3.13. The van der Waals surface area contributed by atoms with Gasteiger partial charge in [-0.25, -0.2) is 4.90 Å². The summed E-state index contributed by atoms with van der Waals surface area (Å²) in [6.07, 6.45) is 1.56. The quantitative estimate of drug-likeness (QED) is 0.302. The van der Waals surface area contributed by atoms with Crippen LogP contribution in [-0.2, 0) is 9.59 Å². The second-order valence-electron chi connectivity index (χ2n) is 7.39. The molecule has 0 atom stereocenters. The SMILES string of the molecule is COc1ccccc1N1C(=O)/C(=C/c2cc(C)n(-c3ccc(Cl)cc3Cl)c2C)C(=O)NC1=S. The molecule has 3 aromatic rings. The van der Waals surface area contributed by atoms with E-state index in [0.717, 1.165) is 17.1 Å². The molecule has 1 saturated heterocycles. The summed E-state index contributed by atoms with van der Waals surface area (Å²) in [5.74, 6) is -0.646. The van der Waals surface area contributed by atoms with Crippen LogP contribution in [0.2, 0.25) is 10.0 Å². The first-order valence-corrected chi connectivity index (χ1v) is 11.1. The number of hydrogen-bond acceptors (Lipinski definition) is 4. The standard InChI is InChI=1S/C24H19Cl2N3O3S/c1-13-10-15(14(2)28(13)19-9-8-16(25)12-18(19)26)11-17-22(30)27-24(33)29(23(17)31)20-6-4-5-7-21(20)32-3/h4-12H,1-3H3,(H,27,30,33)/b17-11+. The number of amides is 2. The van der Waals surface area contributed by atoms with E-state index in [2.05, 4.69) is 5.32 Å². The number of aromatic nitrogens is 1. The Morgan fingerprint density at radius 2 is 1.76 bits per heavy atom. The van der Waals surface area contributed by atoms with E-state index in [4.69, 9.17) is 40.2 Å². The molecule has 0 saturated carbocycles. The van der Waals surface area contributed by atoms with Crippen molar-refractivity contribution in [2.24, 2.45) is 0 Å². The van der Waals surface area contributed by atoms with Gasteiger partial charge in [0.1, 0.15) is 11.3 Å². The number of aryl methyl sites for hydroxylation is 1. The second-order valence-corrected chi connectivity index (χ2v) is 8.62. The van der Waals surface area contributed by atoms with Crippen LogP contribution in [0.15, 0.2) is 54.1 Å². The highest BCUT2D eigenvalue weighted by molar-refractivity contribution is 7.80. The Labute approximate surface area is 206 Å². The Balaban J connectivity index is 1.79. The monoisotopic (exact) mass is 499 g/mol. The molecule has 0 spiro atoms. The number of benzene rings is 2. The van der Waals surface area contributed by atoms with E-state index in [0.29, 0.717) is 27.0 Å². The number of nitrogens with one attached hydrogen (secondary N) is 1. The molecule has 0 bridgehead atoms. The third-order valence-corrected chi connectivity index (χ3v) is 6.17. The maximum absolute atomic E-state index is 13.4. The van der Waals surface area contributed by atoms with Crippen LogP contribution >= 0.6 is 35.4 Å². The van der Waals surface area contributed by atoms with Gasteiger partial charge in [0.05, 0.1) is 23.5 Å². The Kier molecular flexibility index (Phi) is 6.30. The lowest BCUT2D eigenvalue weighted by molar-refractivity contribution is -0.122. The van der Waals surface area contributed by atoms with Gasteiger partial charge in [0.2, 0.25) is 0 Å². The Morgan fingerprint density at radius 3 is 2.45 bits per heavy atom. The van der Waals surface area contributed by atoms with E-state index < -0.39 is 11.8 Å². The van der Waals surface area contributed by atoms with Crippen molar-refractivity contribution >= 4 is 64.1 Å². The molecule has 4 rings (SSSR count). The number of halogens is 2. The molecule has 6 nitrogen and oxygen atoms in total. The van der Waals surface area contributed by atoms with Gasteiger partial charge in [0, 0.05) is 16.4 Å². The van der Waals surface area contributed by atoms with Crippen molar-refractivity contribution in [3.63, 3.8) is 0 Å². The zero-order valence-electron chi connectivity index (χ0n) is 18.0. The average molecular weight is 500 g/mol. The first-order valence-electron chi connectivity index (χ1n) is 9.91. The van der Waals surface area contributed by atoms with Crippen LogP contribution in [0, 0.1) is 13.8 Å². The molecule has 2 heterocycles. The van der Waals surface area contributed by atoms with Crippen molar-refractivity contribution in [2.75, 3.05) is 12.0 Å². The van der Waals surface area contributed by atoms with Gasteiger partial charge < -0.3 is 9.30 Å². The second kappa shape index (κ2) is 9.02. The third kappa shape index (κ3) is 4.15. The van der Waals surface area contributed by atoms with Gasteiger partial charge in [-0.3, -0.25) is 14.9 Å². The van der Waals surface area contributed by atoms with Gasteiger partial charge in [-0.05, 0) is 74.1 Å². The van der Waals surface area contributed by atoms with Crippen molar-refractivity contribution in [3.8, 4) is 11.4 Å². The van der Waals surface area contributed by atoms with E-state index in [9.17, 15) is 9.59 Å². The van der Waals surface area contributed by atoms with E-state index in [1.165, 1.54) is 12.0 Å². The predicted octanol–water partition coefficient (Wildman–Crippen LogP) is 5.24. The molecule has 9 heteroatoms. The summed E-state index contributed by atoms with van der Waals surface area (Å²) in [7, 11) is 1.50. The first kappa shape index (κ1) is 23.0. The van der Waals surface area contributed by atoms with Crippen LogP contribution in [-0.4, -0.2) is 28.6 Å². The normalized spacial score (nSPS) is 15.2.